The van der Waals surface area contributed by atoms with Gasteiger partial charge < -0.3 is 24.4 Å². The van der Waals surface area contributed by atoms with Gasteiger partial charge in [0.05, 0.1) is 26.4 Å². The van der Waals surface area contributed by atoms with Gasteiger partial charge in [-0.15, -0.1) is 0 Å². The molecule has 2 rings (SSSR count). The first-order valence-electron chi connectivity index (χ1n) is 9.64. The van der Waals surface area contributed by atoms with E-state index in [9.17, 15) is 0 Å². The molecule has 7 heteroatoms. The molecule has 0 spiro atoms. The van der Waals surface area contributed by atoms with Gasteiger partial charge >= 0.3 is 0 Å². The molecule has 27 heavy (non-hydrogen) atoms. The first-order valence-corrected chi connectivity index (χ1v) is 10.0. The molecule has 1 aliphatic rings. The van der Waals surface area contributed by atoms with Gasteiger partial charge in [-0.2, -0.15) is 0 Å². The summed E-state index contributed by atoms with van der Waals surface area (Å²) < 4.78 is 16.6. The van der Waals surface area contributed by atoms with Crippen LogP contribution in [0.4, 0.5) is 0 Å². The van der Waals surface area contributed by atoms with Gasteiger partial charge in [0.1, 0.15) is 11.9 Å². The predicted molar refractivity (Wildman–Crippen MR) is 110 cm³/mol. The van der Waals surface area contributed by atoms with Gasteiger partial charge in [0, 0.05) is 37.7 Å². The summed E-state index contributed by atoms with van der Waals surface area (Å²) in [4.78, 5) is 7.08. The van der Waals surface area contributed by atoms with E-state index in [0.29, 0.717) is 30.7 Å². The second kappa shape index (κ2) is 12.1. The van der Waals surface area contributed by atoms with Crippen LogP contribution in [0.3, 0.4) is 0 Å². The van der Waals surface area contributed by atoms with Crippen molar-refractivity contribution < 1.29 is 14.2 Å². The van der Waals surface area contributed by atoms with E-state index in [2.05, 4.69) is 17.1 Å². The lowest BCUT2D eigenvalue weighted by Gasteiger charge is -2.22. The molecule has 152 valence electrons. The fourth-order valence-electron chi connectivity index (χ4n) is 2.98. The number of rotatable bonds is 10. The largest absolute Gasteiger partial charge is 0.489 e. The van der Waals surface area contributed by atoms with Crippen molar-refractivity contribution in [2.75, 3.05) is 53.1 Å². The molecular formula is C20H32ClN3O3. The Morgan fingerprint density at radius 1 is 1.33 bits per heavy atom. The van der Waals surface area contributed by atoms with E-state index in [1.54, 1.807) is 7.11 Å². The Labute approximate surface area is 167 Å². The molecule has 2 unspecified atom stereocenters. The van der Waals surface area contributed by atoms with Crippen LogP contribution in [0.1, 0.15) is 20.3 Å². The number of ether oxygens (including phenoxy) is 3. The fourth-order valence-corrected chi connectivity index (χ4v) is 3.10. The highest BCUT2D eigenvalue weighted by atomic mass is 35.5. The lowest BCUT2D eigenvalue weighted by Crippen LogP contribution is -2.41. The lowest BCUT2D eigenvalue weighted by atomic mass is 10.1. The molecule has 1 N–H and O–H groups in total. The standard InChI is InChI=1S/C20H32ClN3O3/c1-4-22-20(24-10-9-17(14-24)15-26-12-11-25-3)23-13-16(2)27-19-7-5-18(21)6-8-19/h5-8,16-17H,4,9-15H2,1-3H3,(H,22,23). The first kappa shape index (κ1) is 21.8. The minimum Gasteiger partial charge on any atom is -0.489 e. The summed E-state index contributed by atoms with van der Waals surface area (Å²) in [5.41, 5.74) is 0. The normalized spacial score (nSPS) is 18.6. The van der Waals surface area contributed by atoms with E-state index < -0.39 is 0 Å². The highest BCUT2D eigenvalue weighted by Gasteiger charge is 2.25. The summed E-state index contributed by atoms with van der Waals surface area (Å²) >= 11 is 5.91. The topological polar surface area (TPSA) is 55.3 Å². The molecule has 0 aliphatic carbocycles. The van der Waals surface area contributed by atoms with Crippen molar-refractivity contribution in [2.24, 2.45) is 10.9 Å². The number of halogens is 1. The highest BCUT2D eigenvalue weighted by Crippen LogP contribution is 2.18. The van der Waals surface area contributed by atoms with E-state index in [-0.39, 0.29) is 6.10 Å². The van der Waals surface area contributed by atoms with E-state index in [1.165, 1.54) is 0 Å². The summed E-state index contributed by atoms with van der Waals surface area (Å²) in [7, 11) is 1.69. The Balaban J connectivity index is 1.81. The molecule has 0 bridgehead atoms. The number of aliphatic imine (C=N–C) groups is 1. The number of hydrogen-bond acceptors (Lipinski definition) is 4. The molecule has 0 saturated carbocycles. The first-order chi connectivity index (χ1) is 13.1. The molecule has 6 nitrogen and oxygen atoms in total. The Morgan fingerprint density at radius 3 is 2.81 bits per heavy atom. The van der Waals surface area contributed by atoms with Crippen LogP contribution < -0.4 is 10.1 Å². The minimum absolute atomic E-state index is 0.0180. The molecule has 1 fully saturated rings. The van der Waals surface area contributed by atoms with Crippen LogP contribution in [0, 0.1) is 5.92 Å². The number of hydrogen-bond donors (Lipinski definition) is 1. The summed E-state index contributed by atoms with van der Waals surface area (Å²) in [5, 5.41) is 4.10. The molecule has 1 aromatic rings. The number of likely N-dealkylation sites (tertiary alicyclic amines) is 1. The molecule has 0 aromatic heterocycles. The molecule has 0 radical (unpaired) electrons. The van der Waals surface area contributed by atoms with E-state index in [0.717, 1.165) is 44.4 Å². The van der Waals surface area contributed by atoms with E-state index in [1.807, 2.05) is 31.2 Å². The Hall–Kier alpha value is -1.50. The smallest absolute Gasteiger partial charge is 0.194 e. The van der Waals surface area contributed by atoms with E-state index >= 15 is 0 Å². The Kier molecular flexibility index (Phi) is 9.73. The van der Waals surface area contributed by atoms with Gasteiger partial charge in [-0.05, 0) is 44.5 Å². The van der Waals surface area contributed by atoms with Crippen molar-refractivity contribution in [2.45, 2.75) is 26.4 Å². The van der Waals surface area contributed by atoms with Gasteiger partial charge in [-0.25, -0.2) is 4.99 Å². The fraction of sp³-hybridized carbons (Fsp3) is 0.650. The number of guanidine groups is 1. The molecule has 1 heterocycles. The van der Waals surface area contributed by atoms with Gasteiger partial charge in [0.25, 0.3) is 0 Å². The number of benzene rings is 1. The van der Waals surface area contributed by atoms with Crippen molar-refractivity contribution in [3.8, 4) is 5.75 Å². The van der Waals surface area contributed by atoms with Crippen LogP contribution in [0.5, 0.6) is 5.75 Å². The van der Waals surface area contributed by atoms with Crippen molar-refractivity contribution in [3.63, 3.8) is 0 Å². The molecule has 1 aromatic carbocycles. The maximum Gasteiger partial charge on any atom is 0.194 e. The van der Waals surface area contributed by atoms with Crippen molar-refractivity contribution in [1.82, 2.24) is 10.2 Å². The van der Waals surface area contributed by atoms with Crippen LogP contribution in [-0.2, 0) is 9.47 Å². The molecule has 0 amide bonds. The predicted octanol–water partition coefficient (Wildman–Crippen LogP) is 3.06. The van der Waals surface area contributed by atoms with Gasteiger partial charge in [-0.1, -0.05) is 11.6 Å². The molecular weight excluding hydrogens is 366 g/mol. The second-order valence-electron chi connectivity index (χ2n) is 6.75. The summed E-state index contributed by atoms with van der Waals surface area (Å²) in [6.45, 7) is 9.58. The van der Waals surface area contributed by atoms with Crippen LogP contribution in [0.15, 0.2) is 29.3 Å². The molecule has 2 atom stereocenters. The maximum absolute atomic E-state index is 5.91. The third-order valence-electron chi connectivity index (χ3n) is 4.35. The van der Waals surface area contributed by atoms with Crippen molar-refractivity contribution in [1.29, 1.82) is 0 Å². The van der Waals surface area contributed by atoms with Gasteiger partial charge in [0.2, 0.25) is 0 Å². The van der Waals surface area contributed by atoms with Crippen LogP contribution in [-0.4, -0.2) is 70.1 Å². The minimum atomic E-state index is -0.0180. The zero-order valence-corrected chi connectivity index (χ0v) is 17.4. The lowest BCUT2D eigenvalue weighted by molar-refractivity contribution is 0.0536. The van der Waals surface area contributed by atoms with Crippen LogP contribution >= 0.6 is 11.6 Å². The third-order valence-corrected chi connectivity index (χ3v) is 4.61. The molecule has 1 saturated heterocycles. The number of nitrogens with one attached hydrogen (secondary N) is 1. The SMILES string of the molecule is CCNC(=NCC(C)Oc1ccc(Cl)cc1)N1CCC(COCCOC)C1. The zero-order valence-electron chi connectivity index (χ0n) is 16.6. The maximum atomic E-state index is 5.91. The summed E-state index contributed by atoms with van der Waals surface area (Å²) in [6, 6.07) is 7.41. The highest BCUT2D eigenvalue weighted by molar-refractivity contribution is 6.30. The summed E-state index contributed by atoms with van der Waals surface area (Å²) in [6.07, 6.45) is 1.10. The second-order valence-corrected chi connectivity index (χ2v) is 7.18. The van der Waals surface area contributed by atoms with Gasteiger partial charge in [-0.3, -0.25) is 0 Å². The summed E-state index contributed by atoms with van der Waals surface area (Å²) in [5.74, 6) is 2.29. The third kappa shape index (κ3) is 7.95. The monoisotopic (exact) mass is 397 g/mol. The Morgan fingerprint density at radius 2 is 2.11 bits per heavy atom. The quantitative estimate of drug-likeness (QED) is 0.373. The van der Waals surface area contributed by atoms with Gasteiger partial charge in [0.15, 0.2) is 5.96 Å². The Bertz CT molecular complexity index is 568. The van der Waals surface area contributed by atoms with Crippen molar-refractivity contribution >= 4 is 17.6 Å². The number of methoxy groups -OCH3 is 1. The van der Waals surface area contributed by atoms with E-state index in [4.69, 9.17) is 30.8 Å². The van der Waals surface area contributed by atoms with Crippen LogP contribution in [0.2, 0.25) is 5.02 Å². The molecule has 1 aliphatic heterocycles. The number of nitrogens with zero attached hydrogens (tertiary/aromatic N) is 2. The average molecular weight is 398 g/mol. The van der Waals surface area contributed by atoms with Crippen LogP contribution in [0.25, 0.3) is 0 Å². The van der Waals surface area contributed by atoms with Crippen molar-refractivity contribution in [3.05, 3.63) is 29.3 Å². The average Bonchev–Trinajstić information content (AvgIpc) is 3.13. The zero-order chi connectivity index (χ0) is 19.5.